The van der Waals surface area contributed by atoms with E-state index < -0.39 is 11.4 Å². The van der Waals surface area contributed by atoms with Crippen LogP contribution in [0.25, 0.3) is 0 Å². The van der Waals surface area contributed by atoms with Gasteiger partial charge in [-0.25, -0.2) is 0 Å². The number of allylic oxidation sites excluding steroid dienone is 1. The largest absolute Gasteiger partial charge is 0.466 e. The minimum absolute atomic E-state index is 0.0255. The second kappa shape index (κ2) is 9.60. The summed E-state index contributed by atoms with van der Waals surface area (Å²) in [6, 6.07) is 0. The van der Waals surface area contributed by atoms with E-state index in [4.69, 9.17) is 4.74 Å². The highest BCUT2D eigenvalue weighted by Gasteiger charge is 2.45. The molecular weight excluding hydrogens is 306 g/mol. The van der Waals surface area contributed by atoms with E-state index in [1.54, 1.807) is 11.8 Å². The highest BCUT2D eigenvalue weighted by atomic mass is 16.5. The molecule has 5 nitrogen and oxygen atoms in total. The SMILES string of the molecule is CCOC(=O)CC(=O)CC1(C(=O)N(CC)CC)CCCC=C1CC. The third-order valence-corrected chi connectivity index (χ3v) is 4.80. The molecule has 1 rings (SSSR count). The Morgan fingerprint density at radius 1 is 1.17 bits per heavy atom. The van der Waals surface area contributed by atoms with E-state index in [-0.39, 0.29) is 31.1 Å². The Labute approximate surface area is 145 Å². The number of carbonyl (C=O) groups excluding carboxylic acids is 3. The first-order valence-corrected chi connectivity index (χ1v) is 9.11. The first-order valence-electron chi connectivity index (χ1n) is 9.11. The molecule has 1 atom stereocenters. The summed E-state index contributed by atoms with van der Waals surface area (Å²) in [5.74, 6) is -0.696. The zero-order valence-electron chi connectivity index (χ0n) is 15.5. The summed E-state index contributed by atoms with van der Waals surface area (Å²) in [4.78, 5) is 39.1. The van der Waals surface area contributed by atoms with Crippen LogP contribution in [-0.4, -0.2) is 42.3 Å². The van der Waals surface area contributed by atoms with E-state index in [0.29, 0.717) is 19.5 Å². The summed E-state index contributed by atoms with van der Waals surface area (Å²) >= 11 is 0. The third kappa shape index (κ3) is 4.68. The van der Waals surface area contributed by atoms with E-state index in [2.05, 4.69) is 6.08 Å². The van der Waals surface area contributed by atoms with Gasteiger partial charge >= 0.3 is 5.97 Å². The number of ketones is 1. The topological polar surface area (TPSA) is 63.7 Å². The lowest BCUT2D eigenvalue weighted by molar-refractivity contribution is -0.149. The number of ether oxygens (including phenoxy) is 1. The van der Waals surface area contributed by atoms with Gasteiger partial charge in [-0.15, -0.1) is 0 Å². The fourth-order valence-corrected chi connectivity index (χ4v) is 3.63. The molecule has 0 radical (unpaired) electrons. The molecule has 0 aromatic rings. The Morgan fingerprint density at radius 3 is 2.38 bits per heavy atom. The van der Waals surface area contributed by atoms with Gasteiger partial charge in [-0.3, -0.25) is 14.4 Å². The number of amides is 1. The van der Waals surface area contributed by atoms with Crippen LogP contribution in [0, 0.1) is 5.41 Å². The Bertz CT molecular complexity index is 494. The van der Waals surface area contributed by atoms with Gasteiger partial charge < -0.3 is 9.64 Å². The molecule has 0 fully saturated rings. The predicted molar refractivity (Wildman–Crippen MR) is 93.5 cm³/mol. The number of nitrogens with zero attached hydrogens (tertiary/aromatic N) is 1. The molecule has 0 aromatic carbocycles. The molecule has 5 heteroatoms. The average Bonchev–Trinajstić information content (AvgIpc) is 2.56. The van der Waals surface area contributed by atoms with Gasteiger partial charge in [-0.2, -0.15) is 0 Å². The zero-order chi connectivity index (χ0) is 18.2. The third-order valence-electron chi connectivity index (χ3n) is 4.80. The van der Waals surface area contributed by atoms with Gasteiger partial charge in [0.25, 0.3) is 0 Å². The monoisotopic (exact) mass is 337 g/mol. The van der Waals surface area contributed by atoms with Crippen molar-refractivity contribution in [1.29, 1.82) is 0 Å². The van der Waals surface area contributed by atoms with Gasteiger partial charge in [0.05, 0.1) is 12.0 Å². The van der Waals surface area contributed by atoms with Crippen molar-refractivity contribution in [2.24, 2.45) is 5.41 Å². The van der Waals surface area contributed by atoms with Crippen LogP contribution in [-0.2, 0) is 19.1 Å². The van der Waals surface area contributed by atoms with Gasteiger partial charge in [-0.05, 0) is 46.5 Å². The van der Waals surface area contributed by atoms with E-state index in [0.717, 1.165) is 24.8 Å². The summed E-state index contributed by atoms with van der Waals surface area (Å²) in [7, 11) is 0. The Kier molecular flexibility index (Phi) is 8.16. The molecule has 0 spiro atoms. The maximum atomic E-state index is 13.2. The molecule has 1 aliphatic rings. The second-order valence-corrected chi connectivity index (χ2v) is 6.23. The van der Waals surface area contributed by atoms with Crippen LogP contribution in [0.3, 0.4) is 0 Å². The maximum Gasteiger partial charge on any atom is 0.313 e. The summed E-state index contributed by atoms with van der Waals surface area (Å²) in [5, 5.41) is 0. The minimum Gasteiger partial charge on any atom is -0.466 e. The summed E-state index contributed by atoms with van der Waals surface area (Å²) in [5.41, 5.74) is 0.269. The van der Waals surface area contributed by atoms with Crippen LogP contribution in [0.4, 0.5) is 0 Å². The van der Waals surface area contributed by atoms with Crippen molar-refractivity contribution in [3.63, 3.8) is 0 Å². The maximum absolute atomic E-state index is 13.2. The normalized spacial score (nSPS) is 20.2. The molecule has 0 saturated heterocycles. The zero-order valence-corrected chi connectivity index (χ0v) is 15.5. The fourth-order valence-electron chi connectivity index (χ4n) is 3.63. The van der Waals surface area contributed by atoms with Gasteiger partial charge in [0.1, 0.15) is 12.2 Å². The van der Waals surface area contributed by atoms with Gasteiger partial charge in [0.2, 0.25) is 5.91 Å². The summed E-state index contributed by atoms with van der Waals surface area (Å²) < 4.78 is 4.87. The summed E-state index contributed by atoms with van der Waals surface area (Å²) in [6.45, 7) is 9.15. The van der Waals surface area contributed by atoms with Crippen LogP contribution in [0.5, 0.6) is 0 Å². The van der Waals surface area contributed by atoms with Crippen molar-refractivity contribution in [2.45, 2.75) is 66.2 Å². The molecule has 136 valence electrons. The first kappa shape index (κ1) is 20.4. The molecule has 0 heterocycles. The van der Waals surface area contributed by atoms with E-state index in [1.165, 1.54) is 0 Å². The number of carbonyl (C=O) groups is 3. The molecule has 0 aliphatic heterocycles. The van der Waals surface area contributed by atoms with Crippen LogP contribution in [0.15, 0.2) is 11.6 Å². The van der Waals surface area contributed by atoms with Crippen LogP contribution in [0.1, 0.15) is 66.2 Å². The smallest absolute Gasteiger partial charge is 0.313 e. The van der Waals surface area contributed by atoms with Crippen molar-refractivity contribution < 1.29 is 19.1 Å². The molecule has 1 unspecified atom stereocenters. The average molecular weight is 337 g/mol. The highest BCUT2D eigenvalue weighted by molar-refractivity contribution is 5.99. The van der Waals surface area contributed by atoms with Crippen LogP contribution >= 0.6 is 0 Å². The van der Waals surface area contributed by atoms with E-state index in [9.17, 15) is 14.4 Å². The molecule has 0 aromatic heterocycles. The second-order valence-electron chi connectivity index (χ2n) is 6.23. The quantitative estimate of drug-likeness (QED) is 0.368. The van der Waals surface area contributed by atoms with Gasteiger partial charge in [0, 0.05) is 19.5 Å². The van der Waals surface area contributed by atoms with Crippen molar-refractivity contribution in [2.75, 3.05) is 19.7 Å². The first-order chi connectivity index (χ1) is 11.4. The molecular formula is C19H31NO4. The molecule has 24 heavy (non-hydrogen) atoms. The number of rotatable bonds is 9. The van der Waals surface area contributed by atoms with E-state index >= 15 is 0 Å². The molecule has 0 N–H and O–H groups in total. The lowest BCUT2D eigenvalue weighted by Gasteiger charge is -2.40. The van der Waals surface area contributed by atoms with Crippen LogP contribution in [0.2, 0.25) is 0 Å². The highest BCUT2D eigenvalue weighted by Crippen LogP contribution is 2.44. The molecule has 0 bridgehead atoms. The standard InChI is InChI=1S/C19H31NO4/c1-5-15-11-9-10-12-19(15,18(23)20(6-2)7-3)14-16(21)13-17(22)24-8-4/h11H,5-10,12-14H2,1-4H3. The predicted octanol–water partition coefficient (Wildman–Crippen LogP) is 3.27. The molecule has 1 amide bonds. The fraction of sp³-hybridized carbons (Fsp3) is 0.737. The lowest BCUT2D eigenvalue weighted by atomic mass is 9.67. The number of hydrogen-bond acceptors (Lipinski definition) is 4. The lowest BCUT2D eigenvalue weighted by Crippen LogP contribution is -2.47. The number of esters is 1. The van der Waals surface area contributed by atoms with Gasteiger partial charge in [-0.1, -0.05) is 18.6 Å². The Balaban J connectivity index is 3.08. The summed E-state index contributed by atoms with van der Waals surface area (Å²) in [6.07, 6.45) is 5.23. The van der Waals surface area contributed by atoms with E-state index in [1.807, 2.05) is 20.8 Å². The molecule has 1 aliphatic carbocycles. The minimum atomic E-state index is -0.775. The van der Waals surface area contributed by atoms with Gasteiger partial charge in [0.15, 0.2) is 0 Å². The number of Topliss-reactive ketones (excluding diaryl/α,β-unsaturated/α-hetero) is 1. The number of hydrogen-bond donors (Lipinski definition) is 0. The molecule has 0 saturated carbocycles. The van der Waals surface area contributed by atoms with Crippen molar-refractivity contribution >= 4 is 17.7 Å². The van der Waals surface area contributed by atoms with Crippen LogP contribution < -0.4 is 0 Å². The Morgan fingerprint density at radius 2 is 1.83 bits per heavy atom. The van der Waals surface area contributed by atoms with Crippen molar-refractivity contribution in [1.82, 2.24) is 4.90 Å². The Hall–Kier alpha value is -1.65. The van der Waals surface area contributed by atoms with Crippen molar-refractivity contribution in [3.8, 4) is 0 Å². The van der Waals surface area contributed by atoms with Crippen molar-refractivity contribution in [3.05, 3.63) is 11.6 Å².